The number of hydrogen-bond donors (Lipinski definition) is 2. The van der Waals surface area contributed by atoms with E-state index in [0.717, 1.165) is 56.7 Å². The molecule has 2 heterocycles. The number of hydrogen-bond acceptors (Lipinski definition) is 3. The highest BCUT2D eigenvalue weighted by molar-refractivity contribution is 5.75. The molecule has 3 rings (SSSR count). The van der Waals surface area contributed by atoms with Crippen molar-refractivity contribution in [1.29, 1.82) is 0 Å². The molecule has 0 aromatic carbocycles. The lowest BCUT2D eigenvalue weighted by atomic mass is 9.75. The number of carbonyl (C=O) groups is 1. The molecule has 1 aliphatic carbocycles. The van der Waals surface area contributed by atoms with Gasteiger partial charge in [-0.3, -0.25) is 9.69 Å². The maximum Gasteiger partial charge on any atom is 0.310 e. The van der Waals surface area contributed by atoms with Gasteiger partial charge in [0.1, 0.15) is 5.82 Å². The van der Waals surface area contributed by atoms with Gasteiger partial charge in [0.15, 0.2) is 0 Å². The molecule has 2 aliphatic rings. The van der Waals surface area contributed by atoms with Crippen molar-refractivity contribution in [1.82, 2.24) is 14.9 Å². The van der Waals surface area contributed by atoms with E-state index < -0.39 is 11.4 Å². The number of H-pyrrole nitrogens is 1. The van der Waals surface area contributed by atoms with Crippen LogP contribution in [-0.4, -0.2) is 39.0 Å². The first-order valence-corrected chi connectivity index (χ1v) is 9.10. The molecule has 2 N–H and O–H groups in total. The first kappa shape index (κ1) is 16.5. The Kier molecular flexibility index (Phi) is 5.05. The number of nitrogens with one attached hydrogen (secondary N) is 1. The topological polar surface area (TPSA) is 69.2 Å². The molecular formula is C18H29N3O2. The Morgan fingerprint density at radius 2 is 2.35 bits per heavy atom. The molecule has 23 heavy (non-hydrogen) atoms. The molecule has 1 aromatic rings. The zero-order valence-electron chi connectivity index (χ0n) is 14.2. The second-order valence-electron chi connectivity index (χ2n) is 7.51. The van der Waals surface area contributed by atoms with Crippen LogP contribution in [-0.2, 0) is 17.8 Å². The third-order valence-corrected chi connectivity index (χ3v) is 5.33. The Morgan fingerprint density at radius 1 is 1.52 bits per heavy atom. The van der Waals surface area contributed by atoms with Gasteiger partial charge in [0.25, 0.3) is 0 Å². The molecule has 1 saturated carbocycles. The number of likely N-dealkylation sites (tertiary alicyclic amines) is 1. The Labute approximate surface area is 138 Å². The summed E-state index contributed by atoms with van der Waals surface area (Å²) < 4.78 is 0. The number of rotatable bonds is 8. The van der Waals surface area contributed by atoms with E-state index in [9.17, 15) is 9.90 Å². The summed E-state index contributed by atoms with van der Waals surface area (Å²) in [4.78, 5) is 22.1. The van der Waals surface area contributed by atoms with Crippen LogP contribution in [0, 0.1) is 11.3 Å². The molecule has 5 nitrogen and oxygen atoms in total. The van der Waals surface area contributed by atoms with Crippen molar-refractivity contribution < 1.29 is 9.90 Å². The molecule has 1 unspecified atom stereocenters. The first-order valence-electron chi connectivity index (χ1n) is 9.10. The van der Waals surface area contributed by atoms with Gasteiger partial charge in [0.2, 0.25) is 0 Å². The van der Waals surface area contributed by atoms with Crippen LogP contribution in [0.1, 0.15) is 63.4 Å². The third-order valence-electron chi connectivity index (χ3n) is 5.33. The van der Waals surface area contributed by atoms with Gasteiger partial charge in [-0.2, -0.15) is 0 Å². The standard InChI is InChI=1S/C18H29N3O2/c1-2-3-5-16-19-11-15(20-16)12-21-9-4-8-18(13-21,17(22)23)10-14-6-7-14/h11,14H,2-10,12-13H2,1H3,(H,19,20)(H,22,23). The molecule has 1 aliphatic heterocycles. The number of aliphatic carboxylic acids is 1. The third kappa shape index (κ3) is 4.14. The van der Waals surface area contributed by atoms with Crippen LogP contribution in [0.25, 0.3) is 0 Å². The number of unbranched alkanes of at least 4 members (excludes halogenated alkanes) is 1. The average Bonchev–Trinajstić information content (AvgIpc) is 3.22. The van der Waals surface area contributed by atoms with Gasteiger partial charge in [-0.1, -0.05) is 26.2 Å². The van der Waals surface area contributed by atoms with Gasteiger partial charge in [0, 0.05) is 31.4 Å². The normalized spacial score (nSPS) is 25.6. The van der Waals surface area contributed by atoms with Crippen molar-refractivity contribution in [2.24, 2.45) is 11.3 Å². The Bertz CT molecular complexity index is 538. The molecule has 0 amide bonds. The van der Waals surface area contributed by atoms with Crippen molar-refractivity contribution in [2.75, 3.05) is 13.1 Å². The van der Waals surface area contributed by atoms with E-state index in [2.05, 4.69) is 21.8 Å². The molecule has 2 fully saturated rings. The van der Waals surface area contributed by atoms with Crippen molar-refractivity contribution in [3.05, 3.63) is 17.7 Å². The predicted molar refractivity (Wildman–Crippen MR) is 89.1 cm³/mol. The van der Waals surface area contributed by atoms with E-state index in [4.69, 9.17) is 0 Å². The first-order chi connectivity index (χ1) is 11.1. The highest BCUT2D eigenvalue weighted by Crippen LogP contribution is 2.45. The van der Waals surface area contributed by atoms with Crippen LogP contribution in [0.2, 0.25) is 0 Å². The van der Waals surface area contributed by atoms with Gasteiger partial charge in [-0.25, -0.2) is 4.98 Å². The molecule has 5 heteroatoms. The summed E-state index contributed by atoms with van der Waals surface area (Å²) in [6.45, 7) is 4.65. The minimum absolute atomic E-state index is 0.523. The lowest BCUT2D eigenvalue weighted by Crippen LogP contribution is -2.47. The van der Waals surface area contributed by atoms with Gasteiger partial charge in [-0.15, -0.1) is 0 Å². The molecule has 1 saturated heterocycles. The number of carboxylic acids is 1. The average molecular weight is 319 g/mol. The van der Waals surface area contributed by atoms with Crippen LogP contribution < -0.4 is 0 Å². The highest BCUT2D eigenvalue weighted by atomic mass is 16.4. The maximum atomic E-state index is 11.9. The summed E-state index contributed by atoms with van der Waals surface area (Å²) >= 11 is 0. The lowest BCUT2D eigenvalue weighted by molar-refractivity contribution is -0.153. The van der Waals surface area contributed by atoms with Crippen LogP contribution in [0.3, 0.4) is 0 Å². The van der Waals surface area contributed by atoms with Crippen LogP contribution in [0.4, 0.5) is 0 Å². The molecular weight excluding hydrogens is 290 g/mol. The van der Waals surface area contributed by atoms with Crippen molar-refractivity contribution >= 4 is 5.97 Å². The fourth-order valence-electron chi connectivity index (χ4n) is 3.86. The number of nitrogens with zero attached hydrogens (tertiary/aromatic N) is 2. The number of aromatic amines is 1. The predicted octanol–water partition coefficient (Wildman–Crippen LogP) is 3.22. The van der Waals surface area contributed by atoms with E-state index in [1.54, 1.807) is 0 Å². The number of imidazole rings is 1. The smallest absolute Gasteiger partial charge is 0.310 e. The van der Waals surface area contributed by atoms with Crippen molar-refractivity contribution in [2.45, 2.75) is 64.8 Å². The Morgan fingerprint density at radius 3 is 3.04 bits per heavy atom. The van der Waals surface area contributed by atoms with Gasteiger partial charge in [-0.05, 0) is 38.1 Å². The van der Waals surface area contributed by atoms with Crippen LogP contribution in [0.5, 0.6) is 0 Å². The largest absolute Gasteiger partial charge is 0.481 e. The number of aryl methyl sites for hydroxylation is 1. The molecule has 0 radical (unpaired) electrons. The summed E-state index contributed by atoms with van der Waals surface area (Å²) in [6, 6.07) is 0. The minimum Gasteiger partial charge on any atom is -0.481 e. The van der Waals surface area contributed by atoms with Gasteiger partial charge < -0.3 is 10.1 Å². The van der Waals surface area contributed by atoms with E-state index in [1.807, 2.05) is 6.20 Å². The quantitative estimate of drug-likeness (QED) is 0.772. The lowest BCUT2D eigenvalue weighted by Gasteiger charge is -2.40. The van der Waals surface area contributed by atoms with E-state index in [1.165, 1.54) is 19.3 Å². The van der Waals surface area contributed by atoms with Crippen molar-refractivity contribution in [3.8, 4) is 0 Å². The van der Waals surface area contributed by atoms with E-state index in [0.29, 0.717) is 12.5 Å². The highest BCUT2D eigenvalue weighted by Gasteiger charge is 2.45. The molecule has 128 valence electrons. The molecule has 0 bridgehead atoms. The van der Waals surface area contributed by atoms with E-state index >= 15 is 0 Å². The second-order valence-corrected chi connectivity index (χ2v) is 7.51. The summed E-state index contributed by atoms with van der Waals surface area (Å²) in [5, 5.41) is 9.80. The Hall–Kier alpha value is -1.36. The van der Waals surface area contributed by atoms with Gasteiger partial charge >= 0.3 is 5.97 Å². The van der Waals surface area contributed by atoms with Crippen LogP contribution in [0.15, 0.2) is 6.20 Å². The monoisotopic (exact) mass is 319 g/mol. The Balaban J connectivity index is 1.61. The summed E-state index contributed by atoms with van der Waals surface area (Å²) in [7, 11) is 0. The fourth-order valence-corrected chi connectivity index (χ4v) is 3.86. The van der Waals surface area contributed by atoms with Crippen LogP contribution >= 0.6 is 0 Å². The van der Waals surface area contributed by atoms with E-state index in [-0.39, 0.29) is 0 Å². The maximum absolute atomic E-state index is 11.9. The summed E-state index contributed by atoms with van der Waals surface area (Å²) in [6.07, 6.45) is 10.4. The summed E-state index contributed by atoms with van der Waals surface area (Å²) in [5.74, 6) is 1.11. The number of aromatic nitrogens is 2. The number of carboxylic acid groups (broad SMARTS) is 1. The van der Waals surface area contributed by atoms with Gasteiger partial charge in [0.05, 0.1) is 5.41 Å². The van der Waals surface area contributed by atoms with Crippen molar-refractivity contribution in [3.63, 3.8) is 0 Å². The zero-order chi connectivity index (χ0) is 16.3. The summed E-state index contributed by atoms with van der Waals surface area (Å²) in [5.41, 5.74) is 0.591. The molecule has 0 spiro atoms. The zero-order valence-corrected chi connectivity index (χ0v) is 14.2. The SMILES string of the molecule is CCCCc1ncc(CN2CCCC(CC3CC3)(C(=O)O)C2)[nH]1. The number of piperidine rings is 1. The molecule has 1 aromatic heterocycles. The molecule has 1 atom stereocenters. The minimum atomic E-state index is -0.595. The fraction of sp³-hybridized carbons (Fsp3) is 0.778. The second kappa shape index (κ2) is 7.04.